The molecule has 2 aromatic heterocycles. The van der Waals surface area contributed by atoms with E-state index in [-0.39, 0.29) is 5.92 Å². The molecule has 1 aliphatic rings. The van der Waals surface area contributed by atoms with Gasteiger partial charge in [-0.05, 0) is 21.7 Å². The summed E-state index contributed by atoms with van der Waals surface area (Å²) in [4.78, 5) is 9.83. The summed E-state index contributed by atoms with van der Waals surface area (Å²) < 4.78 is 8.32. The Morgan fingerprint density at radius 3 is 2.27 bits per heavy atom. The molecule has 1 aliphatic heterocycles. The molecule has 0 saturated heterocycles. The van der Waals surface area contributed by atoms with Crippen molar-refractivity contribution in [1.29, 1.82) is 0 Å². The van der Waals surface area contributed by atoms with Gasteiger partial charge in [0, 0.05) is 22.4 Å². The van der Waals surface area contributed by atoms with Gasteiger partial charge in [-0.3, -0.25) is 0 Å². The van der Waals surface area contributed by atoms with E-state index in [1.54, 1.807) is 10.8 Å². The maximum atomic E-state index is 6.54. The maximum absolute atomic E-state index is 6.54. The van der Waals surface area contributed by atoms with Gasteiger partial charge in [0.05, 0.1) is 5.56 Å². The lowest BCUT2D eigenvalue weighted by atomic mass is 9.83. The lowest BCUT2D eigenvalue weighted by molar-refractivity contribution is 0.437. The van der Waals surface area contributed by atoms with Gasteiger partial charge in [0.25, 0.3) is 0 Å². The van der Waals surface area contributed by atoms with Crippen molar-refractivity contribution in [2.24, 2.45) is 0 Å². The highest BCUT2D eigenvalue weighted by atomic mass is 16.5. The van der Waals surface area contributed by atoms with Crippen LogP contribution in [-0.2, 0) is 0 Å². The van der Waals surface area contributed by atoms with E-state index in [1.807, 2.05) is 36.4 Å². The summed E-state index contributed by atoms with van der Waals surface area (Å²) in [5.74, 6) is 2.00. The highest BCUT2D eigenvalue weighted by Crippen LogP contribution is 2.50. The lowest BCUT2D eigenvalue weighted by Crippen LogP contribution is -2.15. The maximum Gasteiger partial charge on any atom is 0.228 e. The first-order valence-corrected chi connectivity index (χ1v) is 12.3. The fourth-order valence-electron chi connectivity index (χ4n) is 5.57. The zero-order valence-corrected chi connectivity index (χ0v) is 19.7. The van der Waals surface area contributed by atoms with E-state index < -0.39 is 0 Å². The van der Waals surface area contributed by atoms with Crippen molar-refractivity contribution in [2.75, 3.05) is 0 Å². The van der Waals surface area contributed by atoms with E-state index >= 15 is 0 Å². The molecule has 7 aromatic rings. The van der Waals surface area contributed by atoms with Gasteiger partial charge in [0.2, 0.25) is 5.88 Å². The molecule has 1 atom stereocenters. The van der Waals surface area contributed by atoms with E-state index in [1.165, 1.54) is 0 Å². The van der Waals surface area contributed by atoms with Gasteiger partial charge in [0.15, 0.2) is 11.5 Å². The third-order valence-electron chi connectivity index (χ3n) is 7.26. The highest BCUT2D eigenvalue weighted by Gasteiger charge is 2.34. The van der Waals surface area contributed by atoms with Crippen molar-refractivity contribution in [3.05, 3.63) is 132 Å². The molecule has 8 rings (SSSR count). The van der Waals surface area contributed by atoms with Crippen LogP contribution in [0.1, 0.15) is 22.6 Å². The molecule has 0 amide bonds. The Morgan fingerprint density at radius 1 is 0.676 bits per heavy atom. The van der Waals surface area contributed by atoms with Crippen LogP contribution in [0.3, 0.4) is 0 Å². The molecule has 0 bridgehead atoms. The second-order valence-electron chi connectivity index (χ2n) is 9.34. The number of benzene rings is 5. The first kappa shape index (κ1) is 20.2. The highest BCUT2D eigenvalue weighted by molar-refractivity contribution is 5.95. The lowest BCUT2D eigenvalue weighted by Gasteiger charge is -2.28. The topological polar surface area (TPSA) is 52.3 Å². The zero-order valence-electron chi connectivity index (χ0n) is 19.7. The predicted octanol–water partition coefficient (Wildman–Crippen LogP) is 7.38. The molecule has 0 fully saturated rings. The zero-order chi connectivity index (χ0) is 24.3. The van der Waals surface area contributed by atoms with Crippen LogP contribution in [0.15, 0.2) is 116 Å². The Hall–Kier alpha value is -5.03. The van der Waals surface area contributed by atoms with Crippen molar-refractivity contribution in [2.45, 2.75) is 5.92 Å². The molecule has 0 aliphatic carbocycles. The monoisotopic (exact) mass is 476 g/mol. The molecule has 174 valence electrons. The molecule has 0 spiro atoms. The van der Waals surface area contributed by atoms with Gasteiger partial charge in [-0.2, -0.15) is 0 Å². The van der Waals surface area contributed by atoms with E-state index in [2.05, 4.69) is 72.8 Å². The molecule has 0 saturated carbocycles. The van der Waals surface area contributed by atoms with E-state index in [9.17, 15) is 0 Å². The average Bonchev–Trinajstić information content (AvgIpc) is 3.40. The summed E-state index contributed by atoms with van der Waals surface area (Å²) in [6, 6.07) is 37.7. The van der Waals surface area contributed by atoms with Crippen LogP contribution in [-0.4, -0.2) is 19.6 Å². The minimum atomic E-state index is -0.0923. The smallest absolute Gasteiger partial charge is 0.228 e. The van der Waals surface area contributed by atoms with E-state index in [0.717, 1.165) is 55.2 Å². The number of aromatic nitrogens is 4. The Morgan fingerprint density at radius 2 is 1.41 bits per heavy atom. The van der Waals surface area contributed by atoms with Crippen LogP contribution in [0.5, 0.6) is 11.6 Å². The van der Waals surface area contributed by atoms with Gasteiger partial charge in [-0.15, -0.1) is 5.10 Å². The summed E-state index contributed by atoms with van der Waals surface area (Å²) in [7, 11) is 0. The molecular formula is C32H20N4O. The first-order chi connectivity index (χ1) is 18.3. The van der Waals surface area contributed by atoms with Crippen molar-refractivity contribution < 1.29 is 4.74 Å². The van der Waals surface area contributed by atoms with Crippen molar-refractivity contribution >= 4 is 27.2 Å². The number of rotatable bonds is 2. The summed E-state index contributed by atoms with van der Waals surface area (Å²) >= 11 is 0. The van der Waals surface area contributed by atoms with Gasteiger partial charge in [0.1, 0.15) is 12.1 Å². The Labute approximate surface area is 212 Å². The van der Waals surface area contributed by atoms with Crippen LogP contribution in [0.25, 0.3) is 38.6 Å². The minimum absolute atomic E-state index is 0.0923. The van der Waals surface area contributed by atoms with E-state index in [0.29, 0.717) is 11.7 Å². The molecule has 5 aromatic carbocycles. The average molecular weight is 477 g/mol. The van der Waals surface area contributed by atoms with Gasteiger partial charge >= 0.3 is 0 Å². The Kier molecular flexibility index (Phi) is 4.22. The summed E-state index contributed by atoms with van der Waals surface area (Å²) in [5.41, 5.74) is 4.93. The number of hydrogen-bond donors (Lipinski definition) is 0. The van der Waals surface area contributed by atoms with Crippen LogP contribution >= 0.6 is 0 Å². The third kappa shape index (κ3) is 3.01. The number of nitrogens with zero attached hydrogens (tertiary/aromatic N) is 4. The quantitative estimate of drug-likeness (QED) is 0.261. The molecule has 0 radical (unpaired) electrons. The van der Waals surface area contributed by atoms with Crippen LogP contribution in [0.4, 0.5) is 0 Å². The molecule has 5 heteroatoms. The third-order valence-corrected chi connectivity index (χ3v) is 7.26. The molecular weight excluding hydrogens is 456 g/mol. The Balaban J connectivity index is 1.41. The summed E-state index contributed by atoms with van der Waals surface area (Å²) in [6.45, 7) is 0. The van der Waals surface area contributed by atoms with Crippen LogP contribution in [0, 0.1) is 0 Å². The van der Waals surface area contributed by atoms with Gasteiger partial charge < -0.3 is 4.74 Å². The summed E-state index contributed by atoms with van der Waals surface area (Å²) in [5, 5.41) is 9.35. The van der Waals surface area contributed by atoms with Crippen molar-refractivity contribution in [1.82, 2.24) is 19.6 Å². The molecule has 5 nitrogen and oxygen atoms in total. The van der Waals surface area contributed by atoms with Gasteiger partial charge in [-0.1, -0.05) is 109 Å². The second-order valence-corrected chi connectivity index (χ2v) is 9.34. The summed E-state index contributed by atoms with van der Waals surface area (Å²) in [6.07, 6.45) is 1.70. The minimum Gasteiger partial charge on any atom is -0.438 e. The van der Waals surface area contributed by atoms with Crippen LogP contribution in [0.2, 0.25) is 0 Å². The predicted molar refractivity (Wildman–Crippen MR) is 145 cm³/mol. The number of hydrogen-bond acceptors (Lipinski definition) is 4. The Bertz CT molecular complexity index is 1970. The van der Waals surface area contributed by atoms with E-state index in [4.69, 9.17) is 19.8 Å². The van der Waals surface area contributed by atoms with Crippen LogP contribution < -0.4 is 4.74 Å². The molecule has 37 heavy (non-hydrogen) atoms. The normalized spacial score (nSPS) is 14.4. The molecule has 0 N–H and O–H groups in total. The number of fused-ring (bicyclic) bond motifs is 7. The second kappa shape index (κ2) is 7.73. The molecule has 0 unspecified atom stereocenters. The van der Waals surface area contributed by atoms with Crippen molar-refractivity contribution in [3.8, 4) is 23.0 Å². The fraction of sp³-hybridized carbons (Fsp3) is 0.0312. The standard InChI is InChI=1S/C32H20N4O/c1-2-11-22(12-3-1)27-26-18-17-21-10-5-7-15-24(21)29(26)37-32-28(27)31-34-30(35-36(31)19-33-32)25-16-8-13-20-9-4-6-14-23(20)25/h1-19,27H/t27-/m1/s1. The number of ether oxygens (including phenoxy) is 1. The largest absolute Gasteiger partial charge is 0.438 e. The van der Waals surface area contributed by atoms with Gasteiger partial charge in [-0.25, -0.2) is 14.5 Å². The first-order valence-electron chi connectivity index (χ1n) is 12.3. The fourth-order valence-corrected chi connectivity index (χ4v) is 5.57. The molecule has 3 heterocycles. The SMILES string of the molecule is c1ccc([C@@H]2c3ccc4ccccc4c3Oc3ncn4nc(-c5cccc6ccccc56)nc4c32)cc1. The van der Waals surface area contributed by atoms with Crippen molar-refractivity contribution in [3.63, 3.8) is 0 Å².